The summed E-state index contributed by atoms with van der Waals surface area (Å²) in [5.41, 5.74) is 13.4. The second-order valence-electron chi connectivity index (χ2n) is 16.2. The molecule has 6 nitrogen and oxygen atoms in total. The van der Waals surface area contributed by atoms with E-state index in [1.54, 1.807) is 0 Å². The Hall–Kier alpha value is -8.48. The lowest BCUT2D eigenvalue weighted by Crippen LogP contribution is -2.33. The summed E-state index contributed by atoms with van der Waals surface area (Å²) in [5, 5.41) is 11.0. The zero-order valence-electron chi connectivity index (χ0n) is 34.1. The lowest BCUT2D eigenvalue weighted by atomic mass is 10.1. The lowest BCUT2D eigenvalue weighted by molar-refractivity contribution is 0.674. The summed E-state index contributed by atoms with van der Waals surface area (Å²) < 4.78 is 7.29. The molecule has 0 amide bonds. The van der Waals surface area contributed by atoms with Gasteiger partial charge in [-0.2, -0.15) is 0 Å². The molecule has 0 bridgehead atoms. The molecule has 0 fully saturated rings. The summed E-state index contributed by atoms with van der Waals surface area (Å²) in [5.74, 6) is 1.51. The maximum atomic E-state index is 5.24. The monoisotopic (exact) mass is 806 g/mol. The van der Waals surface area contributed by atoms with Crippen molar-refractivity contribution in [3.05, 3.63) is 235 Å². The first-order valence-electron chi connectivity index (χ1n) is 21.5. The van der Waals surface area contributed by atoms with E-state index < -0.39 is 0 Å². The molecule has 1 atom stereocenters. The molecule has 1 unspecified atom stereocenters. The molecule has 0 saturated heterocycles. The fourth-order valence-electron chi connectivity index (χ4n) is 9.92. The number of nitrogens with zero attached hydrogens (tertiary/aromatic N) is 5. The zero-order valence-corrected chi connectivity index (χ0v) is 34.1. The molecule has 12 aromatic rings. The number of amidine groups is 2. The van der Waals surface area contributed by atoms with Crippen LogP contribution in [0.2, 0.25) is 0 Å². The van der Waals surface area contributed by atoms with Gasteiger partial charge in [0.1, 0.15) is 12.0 Å². The van der Waals surface area contributed by atoms with Crippen molar-refractivity contribution >= 4 is 77.1 Å². The molecule has 6 heteroatoms. The van der Waals surface area contributed by atoms with E-state index in [9.17, 15) is 0 Å². The van der Waals surface area contributed by atoms with Crippen LogP contribution >= 0.6 is 0 Å². The van der Waals surface area contributed by atoms with Crippen molar-refractivity contribution in [2.24, 2.45) is 9.98 Å². The Labute approximate surface area is 362 Å². The van der Waals surface area contributed by atoms with E-state index in [1.807, 2.05) is 36.4 Å². The van der Waals surface area contributed by atoms with Crippen molar-refractivity contribution < 1.29 is 0 Å². The molecular formula is C57H38N6. The van der Waals surface area contributed by atoms with Crippen molar-refractivity contribution in [1.29, 1.82) is 0 Å². The third-order valence-electron chi connectivity index (χ3n) is 12.7. The van der Waals surface area contributed by atoms with Crippen molar-refractivity contribution in [2.75, 3.05) is 0 Å². The van der Waals surface area contributed by atoms with Crippen LogP contribution in [0.15, 0.2) is 228 Å². The molecule has 1 aliphatic heterocycles. The van der Waals surface area contributed by atoms with E-state index >= 15 is 0 Å². The normalized spacial score (nSPS) is 14.2. The van der Waals surface area contributed by atoms with Gasteiger partial charge in [0.15, 0.2) is 5.84 Å². The second-order valence-corrected chi connectivity index (χ2v) is 16.2. The van der Waals surface area contributed by atoms with Gasteiger partial charge in [-0.15, -0.1) is 0 Å². The van der Waals surface area contributed by atoms with Crippen molar-refractivity contribution in [2.45, 2.75) is 6.17 Å². The van der Waals surface area contributed by atoms with Crippen LogP contribution in [0.1, 0.15) is 22.9 Å². The smallest absolute Gasteiger partial charge is 0.159 e. The van der Waals surface area contributed by atoms with Crippen molar-refractivity contribution in [1.82, 2.24) is 19.0 Å². The number of aliphatic imine (C=N–C) groups is 2. The highest BCUT2D eigenvalue weighted by molar-refractivity contribution is 6.26. The average molecular weight is 807 g/mol. The topological polar surface area (TPSA) is 51.5 Å². The Balaban J connectivity index is 1.03. The van der Waals surface area contributed by atoms with Crippen LogP contribution in [0.3, 0.4) is 0 Å². The number of hydrogen-bond donors (Lipinski definition) is 1. The summed E-state index contributed by atoms with van der Waals surface area (Å²) >= 11 is 0. The molecule has 0 aliphatic carbocycles. The standard InChI is InChI=1S/C57H38N6/c1-4-17-37(18-5-1)55-58-56(38-19-6-2-7-20-38)60-57(59-55)39-21-16-24-41(35-39)63-49-29-14-10-25-43(49)45-32-34-52-53(54(45)63)46-27-12-15-30-50(46)62(52)42-31-33-51-47(36-42)44-26-11-13-28-48(44)61(51)40-22-8-3-9-23-40/h1-36,57H,(H,58,59,60). The molecule has 13 rings (SSSR count). The molecule has 296 valence electrons. The number of para-hydroxylation sites is 4. The third-order valence-corrected chi connectivity index (χ3v) is 12.7. The van der Waals surface area contributed by atoms with E-state index in [0.717, 1.165) is 50.6 Å². The first-order chi connectivity index (χ1) is 31.3. The van der Waals surface area contributed by atoms with Gasteiger partial charge < -0.3 is 19.0 Å². The van der Waals surface area contributed by atoms with E-state index in [1.165, 1.54) is 54.4 Å². The molecule has 0 radical (unpaired) electrons. The van der Waals surface area contributed by atoms with E-state index in [4.69, 9.17) is 9.98 Å². The van der Waals surface area contributed by atoms with Gasteiger partial charge in [0, 0.05) is 60.5 Å². The molecule has 63 heavy (non-hydrogen) atoms. The molecule has 9 aromatic carbocycles. The SMILES string of the molecule is c1ccc(C2=NC(c3cccc(-n4c5ccccc5c5ccc6c(c7ccccc7n6-c6ccc7c(c6)c6ccccc6n7-c6ccccc6)c54)c3)NC(c3ccccc3)=N2)cc1. The van der Waals surface area contributed by atoms with Crippen LogP contribution in [0.25, 0.3) is 82.5 Å². The van der Waals surface area contributed by atoms with Crippen LogP contribution in [0.4, 0.5) is 0 Å². The Kier molecular flexibility index (Phi) is 7.87. The Morgan fingerprint density at radius 1 is 0.365 bits per heavy atom. The van der Waals surface area contributed by atoms with Crippen LogP contribution < -0.4 is 5.32 Å². The van der Waals surface area contributed by atoms with Gasteiger partial charge >= 0.3 is 0 Å². The Bertz CT molecular complexity index is 3820. The number of fused-ring (bicyclic) bond motifs is 10. The highest BCUT2D eigenvalue weighted by Crippen LogP contribution is 2.43. The molecule has 0 spiro atoms. The van der Waals surface area contributed by atoms with Gasteiger partial charge in [0.05, 0.1) is 33.1 Å². The summed E-state index contributed by atoms with van der Waals surface area (Å²) in [7, 11) is 0. The largest absolute Gasteiger partial charge is 0.344 e. The van der Waals surface area contributed by atoms with E-state index in [2.05, 4.69) is 201 Å². The predicted molar refractivity (Wildman–Crippen MR) is 261 cm³/mol. The van der Waals surface area contributed by atoms with Gasteiger partial charge in [0.25, 0.3) is 0 Å². The molecule has 1 aliphatic rings. The summed E-state index contributed by atoms with van der Waals surface area (Å²) in [6, 6.07) is 78.0. The van der Waals surface area contributed by atoms with Crippen LogP contribution in [0.5, 0.6) is 0 Å². The zero-order chi connectivity index (χ0) is 41.4. The maximum absolute atomic E-state index is 5.24. The molecular weight excluding hydrogens is 769 g/mol. The summed E-state index contributed by atoms with van der Waals surface area (Å²) in [4.78, 5) is 10.3. The quantitative estimate of drug-likeness (QED) is 0.179. The molecule has 3 aromatic heterocycles. The van der Waals surface area contributed by atoms with Gasteiger partial charge in [-0.25, -0.2) is 9.98 Å². The van der Waals surface area contributed by atoms with Gasteiger partial charge in [-0.1, -0.05) is 152 Å². The second kappa shape index (κ2) is 14.0. The van der Waals surface area contributed by atoms with Gasteiger partial charge in [0.2, 0.25) is 0 Å². The summed E-state index contributed by atoms with van der Waals surface area (Å²) in [6.07, 6.45) is -0.356. The van der Waals surface area contributed by atoms with Crippen molar-refractivity contribution in [3.63, 3.8) is 0 Å². The number of hydrogen-bond acceptors (Lipinski definition) is 3. The first kappa shape index (κ1) is 35.3. The number of rotatable bonds is 6. The Morgan fingerprint density at radius 3 is 1.65 bits per heavy atom. The molecule has 0 saturated carbocycles. The van der Waals surface area contributed by atoms with E-state index in [0.29, 0.717) is 5.84 Å². The number of nitrogens with one attached hydrogen (secondary N) is 1. The minimum Gasteiger partial charge on any atom is -0.344 e. The highest BCUT2D eigenvalue weighted by atomic mass is 15.2. The number of benzene rings is 9. The molecule has 4 heterocycles. The van der Waals surface area contributed by atoms with E-state index in [-0.39, 0.29) is 6.17 Å². The fourth-order valence-corrected chi connectivity index (χ4v) is 9.92. The maximum Gasteiger partial charge on any atom is 0.159 e. The Morgan fingerprint density at radius 2 is 0.905 bits per heavy atom. The average Bonchev–Trinajstić information content (AvgIpc) is 4.00. The first-order valence-corrected chi connectivity index (χ1v) is 21.5. The highest BCUT2D eigenvalue weighted by Gasteiger charge is 2.24. The minimum atomic E-state index is -0.356. The van der Waals surface area contributed by atoms with Crippen molar-refractivity contribution in [3.8, 4) is 17.1 Å². The van der Waals surface area contributed by atoms with Gasteiger partial charge in [-0.05, 0) is 72.3 Å². The predicted octanol–water partition coefficient (Wildman–Crippen LogP) is 13.5. The summed E-state index contributed by atoms with van der Waals surface area (Å²) in [6.45, 7) is 0. The fraction of sp³-hybridized carbons (Fsp3) is 0.0175. The van der Waals surface area contributed by atoms with Crippen LogP contribution in [-0.2, 0) is 0 Å². The number of aromatic nitrogens is 3. The minimum absolute atomic E-state index is 0.356. The molecule has 1 N–H and O–H groups in total. The van der Waals surface area contributed by atoms with Crippen LogP contribution in [0, 0.1) is 0 Å². The van der Waals surface area contributed by atoms with Gasteiger partial charge in [-0.3, -0.25) is 0 Å². The lowest BCUT2D eigenvalue weighted by Gasteiger charge is -2.24. The third kappa shape index (κ3) is 5.51. The van der Waals surface area contributed by atoms with Crippen LogP contribution in [-0.4, -0.2) is 25.4 Å².